The molecule has 0 saturated heterocycles. The predicted octanol–water partition coefficient (Wildman–Crippen LogP) is 3.12. The van der Waals surface area contributed by atoms with Gasteiger partial charge in [-0.3, -0.25) is 5.84 Å². The van der Waals surface area contributed by atoms with Crippen molar-refractivity contribution in [1.82, 2.24) is 5.43 Å². The van der Waals surface area contributed by atoms with Gasteiger partial charge in [-0.15, -0.1) is 0 Å². The van der Waals surface area contributed by atoms with E-state index in [1.165, 1.54) is 5.57 Å². The van der Waals surface area contributed by atoms with E-state index in [4.69, 9.17) is 17.4 Å². The summed E-state index contributed by atoms with van der Waals surface area (Å²) in [5, 5.41) is 0.776. The second kappa shape index (κ2) is 5.31. The second-order valence-electron chi connectivity index (χ2n) is 3.87. The van der Waals surface area contributed by atoms with E-state index in [0.29, 0.717) is 0 Å². The fraction of sp³-hybridized carbons (Fsp3) is 0.333. The average Bonchev–Trinajstić information content (AvgIpc) is 2.19. The molecule has 0 fully saturated rings. The Bertz CT molecular complexity index is 368. The number of nitrogens with one attached hydrogen (secondary N) is 1. The molecule has 0 aliphatic carbocycles. The molecule has 0 aliphatic heterocycles. The van der Waals surface area contributed by atoms with Gasteiger partial charge in [-0.2, -0.15) is 0 Å². The van der Waals surface area contributed by atoms with E-state index in [-0.39, 0.29) is 6.04 Å². The maximum absolute atomic E-state index is 6.23. The molecule has 3 heteroatoms. The normalized spacial score (nSPS) is 12.3. The van der Waals surface area contributed by atoms with Gasteiger partial charge in [0, 0.05) is 5.02 Å². The van der Waals surface area contributed by atoms with Crippen LogP contribution < -0.4 is 11.3 Å². The lowest BCUT2D eigenvalue weighted by Crippen LogP contribution is -2.27. The molecule has 1 unspecified atom stereocenters. The largest absolute Gasteiger partial charge is 0.271 e. The number of benzene rings is 1. The zero-order valence-corrected chi connectivity index (χ0v) is 10.1. The van der Waals surface area contributed by atoms with Crippen LogP contribution in [0.5, 0.6) is 0 Å². The van der Waals surface area contributed by atoms with E-state index in [1.54, 1.807) is 0 Å². The molecular formula is C12H17ClN2. The number of hydrazine groups is 1. The van der Waals surface area contributed by atoms with Crippen LogP contribution in [0.25, 0.3) is 0 Å². The number of halogens is 1. The van der Waals surface area contributed by atoms with Crippen molar-refractivity contribution >= 4 is 11.6 Å². The van der Waals surface area contributed by atoms with Gasteiger partial charge in [-0.1, -0.05) is 41.4 Å². The third-order valence-electron chi connectivity index (χ3n) is 2.24. The highest BCUT2D eigenvalue weighted by Crippen LogP contribution is 2.26. The van der Waals surface area contributed by atoms with Crippen molar-refractivity contribution in [1.29, 1.82) is 0 Å². The van der Waals surface area contributed by atoms with Gasteiger partial charge in [-0.25, -0.2) is 5.43 Å². The van der Waals surface area contributed by atoms with E-state index < -0.39 is 0 Å². The van der Waals surface area contributed by atoms with E-state index in [1.807, 2.05) is 39.0 Å². The molecule has 0 spiro atoms. The molecule has 0 amide bonds. The summed E-state index contributed by atoms with van der Waals surface area (Å²) in [7, 11) is 0. The van der Waals surface area contributed by atoms with Crippen molar-refractivity contribution in [2.75, 3.05) is 0 Å². The standard InChI is InChI=1S/C12H17ClN2/c1-8(2)7-11(15-14)10-6-4-5-9(3)12(10)13/h4-7,11,15H,14H2,1-3H3. The molecule has 2 nitrogen and oxygen atoms in total. The van der Waals surface area contributed by atoms with Crippen LogP contribution in [0.2, 0.25) is 5.02 Å². The summed E-state index contributed by atoms with van der Waals surface area (Å²) >= 11 is 6.23. The number of aryl methyl sites for hydroxylation is 1. The number of hydrogen-bond donors (Lipinski definition) is 2. The molecule has 1 rings (SSSR count). The summed E-state index contributed by atoms with van der Waals surface area (Å²) in [6, 6.07) is 5.93. The zero-order chi connectivity index (χ0) is 11.4. The second-order valence-corrected chi connectivity index (χ2v) is 4.24. The van der Waals surface area contributed by atoms with Gasteiger partial charge in [0.2, 0.25) is 0 Å². The molecule has 0 heterocycles. The fourth-order valence-corrected chi connectivity index (χ4v) is 1.71. The first-order valence-electron chi connectivity index (χ1n) is 4.92. The Morgan fingerprint density at radius 2 is 2.13 bits per heavy atom. The summed E-state index contributed by atoms with van der Waals surface area (Å²) < 4.78 is 0. The Hall–Kier alpha value is -0.830. The first kappa shape index (κ1) is 12.2. The summed E-state index contributed by atoms with van der Waals surface area (Å²) in [5.74, 6) is 5.52. The van der Waals surface area contributed by atoms with Crippen LogP contribution in [-0.2, 0) is 0 Å². The highest BCUT2D eigenvalue weighted by Gasteiger charge is 2.11. The number of rotatable bonds is 3. The summed E-state index contributed by atoms with van der Waals surface area (Å²) in [4.78, 5) is 0. The minimum absolute atomic E-state index is 0.0256. The molecule has 1 atom stereocenters. The zero-order valence-electron chi connectivity index (χ0n) is 9.34. The summed E-state index contributed by atoms with van der Waals surface area (Å²) in [6.45, 7) is 6.06. The molecular weight excluding hydrogens is 208 g/mol. The third kappa shape index (κ3) is 3.06. The molecule has 0 aliphatic rings. The summed E-state index contributed by atoms with van der Waals surface area (Å²) in [5.41, 5.74) is 6.04. The Morgan fingerprint density at radius 1 is 1.47 bits per heavy atom. The van der Waals surface area contributed by atoms with Crippen LogP contribution in [0.15, 0.2) is 29.8 Å². The van der Waals surface area contributed by atoms with Gasteiger partial charge in [0.15, 0.2) is 0 Å². The quantitative estimate of drug-likeness (QED) is 0.470. The lowest BCUT2D eigenvalue weighted by atomic mass is 10.0. The third-order valence-corrected chi connectivity index (χ3v) is 2.75. The van der Waals surface area contributed by atoms with Gasteiger partial charge >= 0.3 is 0 Å². The SMILES string of the molecule is CC(C)=CC(NN)c1cccc(C)c1Cl. The minimum Gasteiger partial charge on any atom is -0.271 e. The molecule has 0 radical (unpaired) electrons. The van der Waals surface area contributed by atoms with E-state index in [0.717, 1.165) is 16.1 Å². The first-order valence-corrected chi connectivity index (χ1v) is 5.30. The maximum atomic E-state index is 6.23. The van der Waals surface area contributed by atoms with Crippen LogP contribution in [0.3, 0.4) is 0 Å². The number of hydrogen-bond acceptors (Lipinski definition) is 2. The Kier molecular flexibility index (Phi) is 4.33. The maximum Gasteiger partial charge on any atom is 0.0657 e. The van der Waals surface area contributed by atoms with Crippen molar-refractivity contribution in [3.8, 4) is 0 Å². The minimum atomic E-state index is -0.0256. The molecule has 1 aromatic carbocycles. The monoisotopic (exact) mass is 224 g/mol. The topological polar surface area (TPSA) is 38.0 Å². The van der Waals surface area contributed by atoms with E-state index in [9.17, 15) is 0 Å². The Labute approximate surface area is 96.1 Å². The van der Waals surface area contributed by atoms with Crippen LogP contribution in [0.1, 0.15) is 31.0 Å². The number of nitrogens with two attached hydrogens (primary N) is 1. The average molecular weight is 225 g/mol. The number of allylic oxidation sites excluding steroid dienone is 1. The summed E-state index contributed by atoms with van der Waals surface area (Å²) in [6.07, 6.45) is 2.06. The molecule has 82 valence electrons. The van der Waals surface area contributed by atoms with Gasteiger partial charge in [-0.05, 0) is 31.9 Å². The van der Waals surface area contributed by atoms with Crippen molar-refractivity contribution in [3.05, 3.63) is 46.0 Å². The van der Waals surface area contributed by atoms with Crippen LogP contribution in [0.4, 0.5) is 0 Å². The highest BCUT2D eigenvalue weighted by molar-refractivity contribution is 6.32. The van der Waals surface area contributed by atoms with E-state index in [2.05, 4.69) is 11.5 Å². The Balaban J connectivity index is 3.13. The molecule has 3 N–H and O–H groups in total. The molecule has 0 saturated carbocycles. The van der Waals surface area contributed by atoms with Crippen molar-refractivity contribution < 1.29 is 0 Å². The smallest absolute Gasteiger partial charge is 0.0657 e. The van der Waals surface area contributed by atoms with E-state index >= 15 is 0 Å². The lowest BCUT2D eigenvalue weighted by molar-refractivity contribution is 0.651. The predicted molar refractivity (Wildman–Crippen MR) is 65.7 cm³/mol. The van der Waals surface area contributed by atoms with Crippen molar-refractivity contribution in [2.45, 2.75) is 26.8 Å². The van der Waals surface area contributed by atoms with Crippen LogP contribution in [-0.4, -0.2) is 0 Å². The van der Waals surface area contributed by atoms with Crippen molar-refractivity contribution in [2.24, 2.45) is 5.84 Å². The molecule has 0 bridgehead atoms. The van der Waals surface area contributed by atoms with Crippen molar-refractivity contribution in [3.63, 3.8) is 0 Å². The highest BCUT2D eigenvalue weighted by atomic mass is 35.5. The Morgan fingerprint density at radius 3 is 2.67 bits per heavy atom. The van der Waals surface area contributed by atoms with Crippen LogP contribution in [0, 0.1) is 6.92 Å². The molecule has 15 heavy (non-hydrogen) atoms. The lowest BCUT2D eigenvalue weighted by Gasteiger charge is -2.15. The van der Waals surface area contributed by atoms with Gasteiger partial charge in [0.25, 0.3) is 0 Å². The molecule has 0 aromatic heterocycles. The van der Waals surface area contributed by atoms with Gasteiger partial charge in [0.1, 0.15) is 0 Å². The molecule has 1 aromatic rings. The van der Waals surface area contributed by atoms with Gasteiger partial charge in [0.05, 0.1) is 6.04 Å². The van der Waals surface area contributed by atoms with Crippen LogP contribution >= 0.6 is 11.6 Å². The van der Waals surface area contributed by atoms with Gasteiger partial charge < -0.3 is 0 Å². The fourth-order valence-electron chi connectivity index (χ4n) is 1.47. The first-order chi connectivity index (χ1) is 7.06.